The van der Waals surface area contributed by atoms with Gasteiger partial charge in [-0.15, -0.1) is 0 Å². The smallest absolute Gasteiger partial charge is 0.126 e. The summed E-state index contributed by atoms with van der Waals surface area (Å²) in [6.07, 6.45) is 1.13. The van der Waals surface area contributed by atoms with Gasteiger partial charge in [-0.05, 0) is 57.0 Å². The van der Waals surface area contributed by atoms with Crippen LogP contribution in [0, 0.1) is 18.7 Å². The van der Waals surface area contributed by atoms with Gasteiger partial charge in [-0.3, -0.25) is 4.90 Å². The normalized spacial score (nSPS) is 19.9. The molecule has 1 aromatic rings. The lowest BCUT2D eigenvalue weighted by Gasteiger charge is -2.19. The van der Waals surface area contributed by atoms with Gasteiger partial charge in [0.2, 0.25) is 0 Å². The Labute approximate surface area is 114 Å². The van der Waals surface area contributed by atoms with Gasteiger partial charge in [0.05, 0.1) is 6.61 Å². The summed E-state index contributed by atoms with van der Waals surface area (Å²) in [4.78, 5) is 2.32. The molecule has 1 aliphatic heterocycles. The van der Waals surface area contributed by atoms with Gasteiger partial charge >= 0.3 is 0 Å². The SMILES string of the molecule is CCOc1cc(C)c(F)cc1CN1CC[C@H](CN)C1. The molecule has 1 atom stereocenters. The highest BCUT2D eigenvalue weighted by Crippen LogP contribution is 2.26. The van der Waals surface area contributed by atoms with Crippen molar-refractivity contribution in [2.75, 3.05) is 26.2 Å². The lowest BCUT2D eigenvalue weighted by atomic mass is 10.1. The molecule has 4 heteroatoms. The Bertz CT molecular complexity index is 436. The van der Waals surface area contributed by atoms with Gasteiger partial charge in [-0.1, -0.05) is 0 Å². The summed E-state index contributed by atoms with van der Waals surface area (Å²) in [6, 6.07) is 3.40. The Morgan fingerprint density at radius 3 is 2.89 bits per heavy atom. The van der Waals surface area contributed by atoms with E-state index in [0.717, 1.165) is 43.9 Å². The molecule has 0 amide bonds. The van der Waals surface area contributed by atoms with Crippen LogP contribution in [0.15, 0.2) is 12.1 Å². The highest BCUT2D eigenvalue weighted by Gasteiger charge is 2.22. The molecule has 0 unspecified atom stereocenters. The highest BCUT2D eigenvalue weighted by molar-refractivity contribution is 5.38. The van der Waals surface area contributed by atoms with Crippen LogP contribution in [0.4, 0.5) is 4.39 Å². The number of likely N-dealkylation sites (tertiary alicyclic amines) is 1. The standard InChI is InChI=1S/C15H23FN2O/c1-3-19-15-6-11(2)14(16)7-13(15)10-18-5-4-12(8-17)9-18/h6-7,12H,3-5,8-10,17H2,1-2H3/t12-/m1/s1. The van der Waals surface area contributed by atoms with E-state index in [4.69, 9.17) is 10.5 Å². The van der Waals surface area contributed by atoms with E-state index in [9.17, 15) is 4.39 Å². The van der Waals surface area contributed by atoms with Crippen LogP contribution in [-0.2, 0) is 6.54 Å². The Hall–Kier alpha value is -1.13. The number of rotatable bonds is 5. The summed E-state index contributed by atoms with van der Waals surface area (Å²) in [7, 11) is 0. The number of nitrogens with zero attached hydrogens (tertiary/aromatic N) is 1. The van der Waals surface area contributed by atoms with E-state index in [-0.39, 0.29) is 5.82 Å². The van der Waals surface area contributed by atoms with Gasteiger partial charge in [0.1, 0.15) is 11.6 Å². The average Bonchev–Trinajstić information content (AvgIpc) is 2.83. The van der Waals surface area contributed by atoms with Crippen molar-refractivity contribution < 1.29 is 9.13 Å². The van der Waals surface area contributed by atoms with E-state index in [0.29, 0.717) is 18.1 Å². The molecule has 0 bridgehead atoms. The molecule has 1 heterocycles. The third-order valence-electron chi connectivity index (χ3n) is 3.74. The third-order valence-corrected chi connectivity index (χ3v) is 3.74. The second-order valence-electron chi connectivity index (χ2n) is 5.27. The molecular weight excluding hydrogens is 243 g/mol. The second-order valence-corrected chi connectivity index (χ2v) is 5.27. The first kappa shape index (κ1) is 14.3. The lowest BCUT2D eigenvalue weighted by Crippen LogP contribution is -2.23. The van der Waals surface area contributed by atoms with Crippen molar-refractivity contribution in [1.82, 2.24) is 4.90 Å². The molecule has 0 aliphatic carbocycles. The van der Waals surface area contributed by atoms with Gasteiger partial charge in [0.15, 0.2) is 0 Å². The van der Waals surface area contributed by atoms with E-state index in [1.165, 1.54) is 0 Å². The van der Waals surface area contributed by atoms with Gasteiger partial charge in [0, 0.05) is 18.7 Å². The zero-order valence-electron chi connectivity index (χ0n) is 11.8. The van der Waals surface area contributed by atoms with Crippen LogP contribution in [0.3, 0.4) is 0 Å². The third kappa shape index (κ3) is 3.45. The van der Waals surface area contributed by atoms with Gasteiger partial charge in [-0.25, -0.2) is 4.39 Å². The van der Waals surface area contributed by atoms with Crippen LogP contribution in [0.5, 0.6) is 5.75 Å². The highest BCUT2D eigenvalue weighted by atomic mass is 19.1. The van der Waals surface area contributed by atoms with Crippen molar-refractivity contribution >= 4 is 0 Å². The molecule has 0 aromatic heterocycles. The largest absolute Gasteiger partial charge is 0.494 e. The molecule has 2 rings (SSSR count). The van der Waals surface area contributed by atoms with Crippen LogP contribution in [-0.4, -0.2) is 31.1 Å². The predicted octanol–water partition coefficient (Wildman–Crippen LogP) is 2.31. The minimum Gasteiger partial charge on any atom is -0.494 e. The van der Waals surface area contributed by atoms with Gasteiger partial charge < -0.3 is 10.5 Å². The molecule has 0 radical (unpaired) electrons. The minimum absolute atomic E-state index is 0.159. The summed E-state index contributed by atoms with van der Waals surface area (Å²) in [5.41, 5.74) is 7.27. The predicted molar refractivity (Wildman–Crippen MR) is 74.7 cm³/mol. The van der Waals surface area contributed by atoms with Gasteiger partial charge in [-0.2, -0.15) is 0 Å². The zero-order valence-corrected chi connectivity index (χ0v) is 11.8. The molecule has 1 aliphatic rings. The van der Waals surface area contributed by atoms with Crippen molar-refractivity contribution in [1.29, 1.82) is 0 Å². The number of ether oxygens (including phenoxy) is 1. The van der Waals surface area contributed by atoms with E-state index in [1.807, 2.05) is 6.92 Å². The van der Waals surface area contributed by atoms with Crippen molar-refractivity contribution in [2.45, 2.75) is 26.8 Å². The average molecular weight is 266 g/mol. The van der Waals surface area contributed by atoms with Crippen molar-refractivity contribution in [3.05, 3.63) is 29.1 Å². The van der Waals surface area contributed by atoms with Crippen LogP contribution in [0.2, 0.25) is 0 Å². The van der Waals surface area contributed by atoms with E-state index < -0.39 is 0 Å². The lowest BCUT2D eigenvalue weighted by molar-refractivity contribution is 0.296. The Kier molecular flexibility index (Phi) is 4.77. The maximum Gasteiger partial charge on any atom is 0.126 e. The first-order valence-corrected chi connectivity index (χ1v) is 6.98. The van der Waals surface area contributed by atoms with E-state index in [2.05, 4.69) is 4.90 Å². The fourth-order valence-electron chi connectivity index (χ4n) is 2.60. The Morgan fingerprint density at radius 2 is 2.26 bits per heavy atom. The van der Waals surface area contributed by atoms with Crippen molar-refractivity contribution in [3.63, 3.8) is 0 Å². The Morgan fingerprint density at radius 1 is 1.47 bits per heavy atom. The number of benzene rings is 1. The van der Waals surface area contributed by atoms with Crippen molar-refractivity contribution in [2.24, 2.45) is 11.7 Å². The fourth-order valence-corrected chi connectivity index (χ4v) is 2.60. The number of aryl methyl sites for hydroxylation is 1. The molecular formula is C15H23FN2O. The van der Waals surface area contributed by atoms with Crippen LogP contribution < -0.4 is 10.5 Å². The molecule has 1 fully saturated rings. The topological polar surface area (TPSA) is 38.5 Å². The number of halogens is 1. The summed E-state index contributed by atoms with van der Waals surface area (Å²) >= 11 is 0. The monoisotopic (exact) mass is 266 g/mol. The Balaban J connectivity index is 2.12. The first-order chi connectivity index (χ1) is 9.13. The van der Waals surface area contributed by atoms with Crippen LogP contribution in [0.25, 0.3) is 0 Å². The zero-order chi connectivity index (χ0) is 13.8. The number of hydrogen-bond donors (Lipinski definition) is 1. The molecule has 2 N–H and O–H groups in total. The fraction of sp³-hybridized carbons (Fsp3) is 0.600. The van der Waals surface area contributed by atoms with Crippen LogP contribution >= 0.6 is 0 Å². The van der Waals surface area contributed by atoms with E-state index in [1.54, 1.807) is 19.1 Å². The first-order valence-electron chi connectivity index (χ1n) is 6.98. The summed E-state index contributed by atoms with van der Waals surface area (Å²) in [5, 5.41) is 0. The maximum absolute atomic E-state index is 13.7. The summed E-state index contributed by atoms with van der Waals surface area (Å²) in [5.74, 6) is 1.22. The summed E-state index contributed by atoms with van der Waals surface area (Å²) in [6.45, 7) is 7.81. The van der Waals surface area contributed by atoms with Crippen molar-refractivity contribution in [3.8, 4) is 5.75 Å². The summed E-state index contributed by atoms with van der Waals surface area (Å²) < 4.78 is 19.3. The molecule has 0 spiro atoms. The van der Waals surface area contributed by atoms with E-state index >= 15 is 0 Å². The second kappa shape index (κ2) is 6.35. The van der Waals surface area contributed by atoms with Gasteiger partial charge in [0.25, 0.3) is 0 Å². The molecule has 1 saturated heterocycles. The molecule has 1 aromatic carbocycles. The molecule has 106 valence electrons. The number of hydrogen-bond acceptors (Lipinski definition) is 3. The minimum atomic E-state index is -0.159. The molecule has 0 saturated carbocycles. The molecule has 19 heavy (non-hydrogen) atoms. The maximum atomic E-state index is 13.7. The number of nitrogens with two attached hydrogens (primary N) is 1. The molecule has 3 nitrogen and oxygen atoms in total. The van der Waals surface area contributed by atoms with Crippen LogP contribution in [0.1, 0.15) is 24.5 Å². The quantitative estimate of drug-likeness (QED) is 0.889.